The van der Waals surface area contributed by atoms with E-state index >= 15 is 0 Å². The van der Waals surface area contributed by atoms with Crippen LogP contribution < -0.4 is 10.1 Å². The number of amides is 1. The molecule has 0 saturated carbocycles. The molecule has 30 heavy (non-hydrogen) atoms. The number of anilines is 1. The minimum Gasteiger partial charge on any atom is -0.496 e. The van der Waals surface area contributed by atoms with Crippen molar-refractivity contribution in [1.82, 2.24) is 9.78 Å². The number of hydrogen-bond donors (Lipinski definition) is 1. The number of nitrogens with zero attached hydrogens (tertiary/aromatic N) is 2. The summed E-state index contributed by atoms with van der Waals surface area (Å²) >= 11 is 0. The van der Waals surface area contributed by atoms with Gasteiger partial charge >= 0.3 is 5.97 Å². The lowest BCUT2D eigenvalue weighted by Gasteiger charge is -2.11. The van der Waals surface area contributed by atoms with Gasteiger partial charge in [-0.3, -0.25) is 9.48 Å². The summed E-state index contributed by atoms with van der Waals surface area (Å²) in [4.78, 5) is 25.1. The van der Waals surface area contributed by atoms with Crippen molar-refractivity contribution >= 4 is 29.3 Å². The summed E-state index contributed by atoms with van der Waals surface area (Å²) < 4.78 is 12.2. The average Bonchev–Trinajstić information content (AvgIpc) is 3.07. The van der Waals surface area contributed by atoms with E-state index in [0.29, 0.717) is 22.7 Å². The van der Waals surface area contributed by atoms with Crippen molar-refractivity contribution in [1.29, 1.82) is 0 Å². The zero-order chi connectivity index (χ0) is 21.5. The summed E-state index contributed by atoms with van der Waals surface area (Å²) in [6, 6.07) is 18.2. The second-order valence-corrected chi connectivity index (χ2v) is 6.58. The van der Waals surface area contributed by atoms with Crippen LogP contribution in [0.3, 0.4) is 0 Å². The number of rotatable bonds is 7. The van der Waals surface area contributed by atoms with Crippen LogP contribution in [0.25, 0.3) is 11.6 Å². The summed E-state index contributed by atoms with van der Waals surface area (Å²) in [5.74, 6) is 0.101. The molecule has 0 radical (unpaired) electrons. The Morgan fingerprint density at radius 2 is 1.80 bits per heavy atom. The van der Waals surface area contributed by atoms with E-state index in [2.05, 4.69) is 10.4 Å². The molecule has 3 aromatic rings. The summed E-state index contributed by atoms with van der Waals surface area (Å²) in [6.07, 6.45) is 1.69. The minimum atomic E-state index is -0.608. The molecule has 1 heterocycles. The number of esters is 1. The van der Waals surface area contributed by atoms with Crippen LogP contribution in [-0.4, -0.2) is 35.4 Å². The number of benzene rings is 2. The van der Waals surface area contributed by atoms with Crippen LogP contribution in [0, 0.1) is 6.92 Å². The first kappa shape index (κ1) is 20.9. The Labute approximate surface area is 174 Å². The van der Waals surface area contributed by atoms with Crippen LogP contribution >= 0.6 is 0 Å². The van der Waals surface area contributed by atoms with Gasteiger partial charge in [0.25, 0.3) is 5.91 Å². The van der Waals surface area contributed by atoms with Gasteiger partial charge in [0.2, 0.25) is 0 Å². The maximum atomic E-state index is 12.8. The Morgan fingerprint density at radius 3 is 2.47 bits per heavy atom. The van der Waals surface area contributed by atoms with Gasteiger partial charge in [-0.25, -0.2) is 4.79 Å². The van der Waals surface area contributed by atoms with Gasteiger partial charge in [0.1, 0.15) is 11.6 Å². The summed E-state index contributed by atoms with van der Waals surface area (Å²) in [5, 5.41) is 6.84. The van der Waals surface area contributed by atoms with Crippen molar-refractivity contribution in [2.45, 2.75) is 6.92 Å². The fourth-order valence-electron chi connectivity index (χ4n) is 2.93. The summed E-state index contributed by atoms with van der Waals surface area (Å²) in [6.45, 7) is 1.41. The molecule has 1 N–H and O–H groups in total. The molecule has 2 aromatic carbocycles. The highest BCUT2D eigenvalue weighted by atomic mass is 16.5. The fraction of sp³-hybridized carbons (Fsp3) is 0.174. The third-order valence-corrected chi connectivity index (χ3v) is 4.35. The quantitative estimate of drug-likeness (QED) is 0.370. The number of carbonyl (C=O) groups is 2. The molecule has 0 spiro atoms. The molecule has 0 aliphatic rings. The van der Waals surface area contributed by atoms with E-state index in [1.165, 1.54) is 0 Å². The molecule has 1 amide bonds. The van der Waals surface area contributed by atoms with Crippen LogP contribution in [-0.2, 0) is 21.4 Å². The number of nitrogens with one attached hydrogen (secondary N) is 1. The van der Waals surface area contributed by atoms with E-state index in [9.17, 15) is 9.59 Å². The smallest absolute Gasteiger partial charge is 0.339 e. The number of para-hydroxylation sites is 1. The van der Waals surface area contributed by atoms with Crippen molar-refractivity contribution in [3.05, 3.63) is 77.5 Å². The molecular formula is C23H23N3O4. The zero-order valence-corrected chi connectivity index (χ0v) is 17.1. The number of aromatic nitrogens is 2. The largest absolute Gasteiger partial charge is 0.496 e. The highest BCUT2D eigenvalue weighted by molar-refractivity contribution is 6.22. The Bertz CT molecular complexity index is 1070. The Kier molecular flexibility index (Phi) is 6.64. The lowest BCUT2D eigenvalue weighted by Crippen LogP contribution is -2.22. The summed E-state index contributed by atoms with van der Waals surface area (Å²) in [5.41, 5.74) is 2.50. The van der Waals surface area contributed by atoms with E-state index in [1.807, 2.05) is 49.4 Å². The van der Waals surface area contributed by atoms with Gasteiger partial charge in [-0.05, 0) is 24.6 Å². The molecule has 1 aromatic heterocycles. The van der Waals surface area contributed by atoms with Crippen molar-refractivity contribution in [2.75, 3.05) is 19.0 Å². The predicted octanol–water partition coefficient (Wildman–Crippen LogP) is 3.46. The van der Waals surface area contributed by atoms with Crippen LogP contribution in [0.1, 0.15) is 16.8 Å². The summed E-state index contributed by atoms with van der Waals surface area (Å²) in [7, 11) is 3.29. The van der Waals surface area contributed by atoms with Crippen LogP contribution in [0.2, 0.25) is 0 Å². The first-order valence-electron chi connectivity index (χ1n) is 9.35. The van der Waals surface area contributed by atoms with E-state index in [4.69, 9.17) is 9.47 Å². The van der Waals surface area contributed by atoms with Gasteiger partial charge in [-0.2, -0.15) is 5.10 Å². The number of carbonyl (C=O) groups excluding carboxylic acids is 2. The van der Waals surface area contributed by atoms with E-state index in [0.717, 1.165) is 11.3 Å². The molecule has 7 nitrogen and oxygen atoms in total. The molecule has 0 aliphatic carbocycles. The minimum absolute atomic E-state index is 0.323. The van der Waals surface area contributed by atoms with Gasteiger partial charge in [-0.1, -0.05) is 48.5 Å². The number of aryl methyl sites for hydroxylation is 2. The molecule has 0 fully saturated rings. The highest BCUT2D eigenvalue weighted by Gasteiger charge is 2.17. The van der Waals surface area contributed by atoms with Crippen LogP contribution in [0.15, 0.2) is 60.7 Å². The standard InChI is InChI=1S/C23H23N3O4/c1-16-13-21(26(2)25-16)24-22(27)15-30-23(28)19(17-9-5-4-6-10-17)14-18-11-7-8-12-20(18)29-3/h4-14H,15H2,1-3H3,(H,24,27)/b19-14+. The lowest BCUT2D eigenvalue weighted by molar-refractivity contribution is -0.141. The van der Waals surface area contributed by atoms with Crippen LogP contribution in [0.5, 0.6) is 5.75 Å². The molecule has 0 saturated heterocycles. The van der Waals surface area contributed by atoms with Gasteiger partial charge in [0.15, 0.2) is 6.61 Å². The SMILES string of the molecule is COc1ccccc1/C=C(/C(=O)OCC(=O)Nc1cc(C)nn1C)c1ccccc1. The highest BCUT2D eigenvalue weighted by Crippen LogP contribution is 2.25. The maximum absolute atomic E-state index is 12.8. The number of methoxy groups -OCH3 is 1. The first-order valence-corrected chi connectivity index (χ1v) is 9.35. The zero-order valence-electron chi connectivity index (χ0n) is 17.1. The monoisotopic (exact) mass is 405 g/mol. The molecule has 3 rings (SSSR count). The lowest BCUT2D eigenvalue weighted by atomic mass is 10.0. The molecule has 0 bridgehead atoms. The normalized spacial score (nSPS) is 11.1. The Balaban J connectivity index is 1.78. The topological polar surface area (TPSA) is 82.4 Å². The van der Waals surface area contributed by atoms with E-state index in [1.54, 1.807) is 43.1 Å². The van der Waals surface area contributed by atoms with Crippen molar-refractivity contribution in [2.24, 2.45) is 7.05 Å². The average molecular weight is 405 g/mol. The molecule has 0 unspecified atom stereocenters. The molecule has 7 heteroatoms. The van der Waals surface area contributed by atoms with E-state index < -0.39 is 18.5 Å². The van der Waals surface area contributed by atoms with E-state index in [-0.39, 0.29) is 0 Å². The second-order valence-electron chi connectivity index (χ2n) is 6.58. The molecular weight excluding hydrogens is 382 g/mol. The first-order chi connectivity index (χ1) is 14.5. The van der Waals surface area contributed by atoms with Crippen molar-refractivity contribution < 1.29 is 19.1 Å². The van der Waals surface area contributed by atoms with Gasteiger partial charge in [-0.15, -0.1) is 0 Å². The van der Waals surface area contributed by atoms with Crippen molar-refractivity contribution in [3.8, 4) is 5.75 Å². The Morgan fingerprint density at radius 1 is 1.10 bits per heavy atom. The predicted molar refractivity (Wildman–Crippen MR) is 115 cm³/mol. The number of ether oxygens (including phenoxy) is 2. The Hall–Kier alpha value is -3.87. The second kappa shape index (κ2) is 9.56. The third kappa shape index (κ3) is 5.14. The van der Waals surface area contributed by atoms with Gasteiger partial charge < -0.3 is 14.8 Å². The number of hydrogen-bond acceptors (Lipinski definition) is 5. The van der Waals surface area contributed by atoms with Crippen molar-refractivity contribution in [3.63, 3.8) is 0 Å². The maximum Gasteiger partial charge on any atom is 0.339 e. The third-order valence-electron chi connectivity index (χ3n) is 4.35. The van der Waals surface area contributed by atoms with Gasteiger partial charge in [0.05, 0.1) is 18.4 Å². The van der Waals surface area contributed by atoms with Gasteiger partial charge in [0, 0.05) is 18.7 Å². The molecule has 0 aliphatic heterocycles. The molecule has 154 valence electrons. The molecule has 0 atom stereocenters. The van der Waals surface area contributed by atoms with Crippen LogP contribution in [0.4, 0.5) is 5.82 Å². The fourth-order valence-corrected chi connectivity index (χ4v) is 2.93.